The molecule has 1 aromatic rings. The van der Waals surface area contributed by atoms with Gasteiger partial charge in [-0.1, -0.05) is 6.08 Å². The van der Waals surface area contributed by atoms with E-state index in [0.717, 1.165) is 64.5 Å². The average molecular weight is 492 g/mol. The zero-order valence-electron chi connectivity index (χ0n) is 19.4. The normalized spacial score (nSPS) is 18.4. The first-order valence-corrected chi connectivity index (χ1v) is 11.9. The molecule has 1 saturated heterocycles. The van der Waals surface area contributed by atoms with Gasteiger partial charge in [0, 0.05) is 45.8 Å². The smallest absolute Gasteiger partial charge is 0.253 e. The Labute approximate surface area is 202 Å². The molecule has 32 heavy (non-hydrogen) atoms. The van der Waals surface area contributed by atoms with Crippen LogP contribution in [0.2, 0.25) is 0 Å². The van der Waals surface area contributed by atoms with E-state index in [2.05, 4.69) is 43.6 Å². The predicted octanol–water partition coefficient (Wildman–Crippen LogP) is 1.35. The highest BCUT2D eigenvalue weighted by atomic mass is 35.5. The van der Waals surface area contributed by atoms with Crippen molar-refractivity contribution in [1.82, 2.24) is 23.4 Å². The van der Waals surface area contributed by atoms with Crippen LogP contribution in [0.15, 0.2) is 6.08 Å². The second kappa shape index (κ2) is 15.9. The first-order chi connectivity index (χ1) is 15.2. The molecule has 11 heteroatoms. The molecule has 0 spiro atoms. The third-order valence-electron chi connectivity index (χ3n) is 5.46. The minimum absolute atomic E-state index is 0. The van der Waals surface area contributed by atoms with Crippen molar-refractivity contribution < 1.29 is 18.9 Å². The molecule has 1 aromatic heterocycles. The van der Waals surface area contributed by atoms with Gasteiger partial charge in [-0.05, 0) is 26.1 Å². The second-order valence-corrected chi connectivity index (χ2v) is 8.53. The Morgan fingerprint density at radius 3 is 2.16 bits per heavy atom. The number of piperazine rings is 1. The Hall–Kier alpha value is -0.850. The van der Waals surface area contributed by atoms with E-state index in [4.69, 9.17) is 18.9 Å². The van der Waals surface area contributed by atoms with Crippen LogP contribution >= 0.6 is 24.1 Å². The summed E-state index contributed by atoms with van der Waals surface area (Å²) in [5, 5.41) is 0. The molecule has 2 aliphatic heterocycles. The van der Waals surface area contributed by atoms with Gasteiger partial charge in [0.1, 0.15) is 12.3 Å². The fourth-order valence-corrected chi connectivity index (χ4v) is 4.07. The zero-order chi connectivity index (χ0) is 21.7. The molecule has 0 aromatic carbocycles. The lowest BCUT2D eigenvalue weighted by atomic mass is 10.1. The summed E-state index contributed by atoms with van der Waals surface area (Å²) < 4.78 is 31.3. The number of rotatable bonds is 14. The lowest BCUT2D eigenvalue weighted by Gasteiger charge is -2.32. The van der Waals surface area contributed by atoms with E-state index in [-0.39, 0.29) is 12.4 Å². The Balaban J connectivity index is 0.00000363. The van der Waals surface area contributed by atoms with E-state index in [1.165, 1.54) is 17.3 Å². The molecule has 0 N–H and O–H groups in total. The van der Waals surface area contributed by atoms with Crippen LogP contribution in [-0.2, 0) is 14.2 Å². The van der Waals surface area contributed by atoms with Gasteiger partial charge in [0.05, 0.1) is 51.4 Å². The van der Waals surface area contributed by atoms with Crippen molar-refractivity contribution >= 4 is 29.7 Å². The largest absolute Gasteiger partial charge is 0.473 e. The Kier molecular flexibility index (Phi) is 13.6. The number of halogens is 1. The minimum atomic E-state index is 0. The maximum atomic E-state index is 5.78. The highest BCUT2D eigenvalue weighted by Gasteiger charge is 2.18. The van der Waals surface area contributed by atoms with E-state index in [1.54, 1.807) is 0 Å². The molecular weight excluding hydrogens is 454 g/mol. The first-order valence-electron chi connectivity index (χ1n) is 11.2. The fraction of sp³-hybridized carbons (Fsp3) is 0.810. The summed E-state index contributed by atoms with van der Waals surface area (Å²) in [4.78, 5) is 7.09. The maximum Gasteiger partial charge on any atom is 0.253 e. The van der Waals surface area contributed by atoms with Crippen LogP contribution < -0.4 is 4.74 Å². The third kappa shape index (κ3) is 9.96. The second-order valence-electron chi connectivity index (χ2n) is 8.00. The van der Waals surface area contributed by atoms with Crippen LogP contribution in [0.1, 0.15) is 12.1 Å². The SMILES string of the molecule is CN1CCN(CCOCCOCCOCCOc2nsnc2C2=CCCN(C)C2)CC1.Cl. The summed E-state index contributed by atoms with van der Waals surface area (Å²) in [5.41, 5.74) is 2.06. The lowest BCUT2D eigenvalue weighted by Crippen LogP contribution is -2.45. The molecule has 0 radical (unpaired) electrons. The summed E-state index contributed by atoms with van der Waals surface area (Å²) in [6, 6.07) is 0. The summed E-state index contributed by atoms with van der Waals surface area (Å²) in [5.74, 6) is 0.611. The van der Waals surface area contributed by atoms with Crippen LogP contribution in [0, 0.1) is 0 Å². The van der Waals surface area contributed by atoms with E-state index in [1.807, 2.05) is 0 Å². The fourth-order valence-electron chi connectivity index (χ4n) is 3.54. The van der Waals surface area contributed by atoms with E-state index < -0.39 is 0 Å². The number of aromatic nitrogens is 2. The van der Waals surface area contributed by atoms with Crippen molar-refractivity contribution in [1.29, 1.82) is 0 Å². The van der Waals surface area contributed by atoms with Crippen LogP contribution in [0.4, 0.5) is 0 Å². The van der Waals surface area contributed by atoms with Crippen LogP contribution in [0.3, 0.4) is 0 Å². The Bertz CT molecular complexity index is 658. The average Bonchev–Trinajstić information content (AvgIpc) is 3.24. The molecule has 3 heterocycles. The Morgan fingerprint density at radius 2 is 1.47 bits per heavy atom. The highest BCUT2D eigenvalue weighted by molar-refractivity contribution is 6.99. The number of likely N-dealkylation sites (N-methyl/N-ethyl adjacent to an activating group) is 2. The highest BCUT2D eigenvalue weighted by Crippen LogP contribution is 2.26. The molecule has 0 bridgehead atoms. The van der Waals surface area contributed by atoms with Gasteiger partial charge in [0.25, 0.3) is 5.88 Å². The molecule has 0 saturated carbocycles. The molecule has 0 amide bonds. The summed E-state index contributed by atoms with van der Waals surface area (Å²) >= 11 is 1.19. The monoisotopic (exact) mass is 491 g/mol. The van der Waals surface area contributed by atoms with E-state index in [0.29, 0.717) is 45.5 Å². The van der Waals surface area contributed by atoms with Gasteiger partial charge in [-0.2, -0.15) is 4.37 Å². The van der Waals surface area contributed by atoms with Crippen molar-refractivity contribution in [2.24, 2.45) is 0 Å². The molecule has 0 atom stereocenters. The van der Waals surface area contributed by atoms with E-state index >= 15 is 0 Å². The van der Waals surface area contributed by atoms with Crippen molar-refractivity contribution in [3.63, 3.8) is 0 Å². The van der Waals surface area contributed by atoms with Gasteiger partial charge in [-0.25, -0.2) is 0 Å². The molecule has 3 rings (SSSR count). The third-order valence-corrected chi connectivity index (χ3v) is 5.97. The van der Waals surface area contributed by atoms with Crippen molar-refractivity contribution in [2.75, 3.05) is 106 Å². The molecule has 1 fully saturated rings. The topological polar surface area (TPSA) is 72.4 Å². The first kappa shape index (κ1) is 27.4. The summed E-state index contributed by atoms with van der Waals surface area (Å²) in [6.45, 7) is 11.6. The summed E-state index contributed by atoms with van der Waals surface area (Å²) in [7, 11) is 4.29. The quantitative estimate of drug-likeness (QED) is 0.358. The van der Waals surface area contributed by atoms with Crippen molar-refractivity contribution in [3.8, 4) is 5.88 Å². The molecule has 184 valence electrons. The van der Waals surface area contributed by atoms with Gasteiger partial charge < -0.3 is 28.7 Å². The predicted molar refractivity (Wildman–Crippen MR) is 129 cm³/mol. The van der Waals surface area contributed by atoms with Crippen LogP contribution in [-0.4, -0.2) is 130 Å². The number of hydrogen-bond acceptors (Lipinski definition) is 10. The lowest BCUT2D eigenvalue weighted by molar-refractivity contribution is 0.00416. The van der Waals surface area contributed by atoms with Gasteiger partial charge in [0.15, 0.2) is 0 Å². The van der Waals surface area contributed by atoms with Crippen LogP contribution in [0.25, 0.3) is 5.57 Å². The molecule has 0 unspecified atom stereocenters. The number of hydrogen-bond donors (Lipinski definition) is 0. The molecular formula is C21H38ClN5O4S. The standard InChI is InChI=1S/C21H37N5O4S.ClH/c1-24-6-8-26(9-7-24)10-11-27-12-13-28-14-15-29-16-17-30-21-20(22-31-23-21)19-4-3-5-25(2)18-19;/h4H,3,5-18H2,1-2H3;1H. The van der Waals surface area contributed by atoms with Crippen molar-refractivity contribution in [2.45, 2.75) is 6.42 Å². The minimum Gasteiger partial charge on any atom is -0.473 e. The zero-order valence-corrected chi connectivity index (χ0v) is 21.0. The Morgan fingerprint density at radius 1 is 0.812 bits per heavy atom. The maximum absolute atomic E-state index is 5.78. The van der Waals surface area contributed by atoms with Crippen molar-refractivity contribution in [3.05, 3.63) is 11.8 Å². The number of nitrogens with zero attached hydrogens (tertiary/aromatic N) is 5. The summed E-state index contributed by atoms with van der Waals surface area (Å²) in [6.07, 6.45) is 3.26. The molecule has 0 aliphatic carbocycles. The molecule has 9 nitrogen and oxygen atoms in total. The van der Waals surface area contributed by atoms with Gasteiger partial charge in [0.2, 0.25) is 0 Å². The van der Waals surface area contributed by atoms with Gasteiger partial charge in [-0.3, -0.25) is 4.90 Å². The van der Waals surface area contributed by atoms with E-state index in [9.17, 15) is 0 Å². The van der Waals surface area contributed by atoms with Crippen LogP contribution in [0.5, 0.6) is 5.88 Å². The van der Waals surface area contributed by atoms with Gasteiger partial charge >= 0.3 is 0 Å². The van der Waals surface area contributed by atoms with Gasteiger partial charge in [-0.15, -0.1) is 16.8 Å². The molecule has 2 aliphatic rings. The number of ether oxygens (including phenoxy) is 4.